The number of hydrogen-bond donors (Lipinski definition) is 1. The van der Waals surface area contributed by atoms with Gasteiger partial charge in [-0.2, -0.15) is 0 Å². The number of nitrogens with one attached hydrogen (secondary N) is 1. The molecule has 19 heavy (non-hydrogen) atoms. The van der Waals surface area contributed by atoms with Crippen LogP contribution >= 0.6 is 0 Å². The molecule has 0 aliphatic heterocycles. The third-order valence-electron chi connectivity index (χ3n) is 3.40. The van der Waals surface area contributed by atoms with E-state index < -0.39 is 0 Å². The molecule has 2 heterocycles. The number of fused-ring (bicyclic) bond motifs is 1. The number of pyridine rings is 1. The average molecular weight is 262 g/mol. The van der Waals surface area contributed by atoms with Crippen molar-refractivity contribution in [3.63, 3.8) is 0 Å². The highest BCUT2D eigenvalue weighted by molar-refractivity contribution is 5.35. The molecule has 0 saturated heterocycles. The van der Waals surface area contributed by atoms with Crippen LogP contribution in [0.25, 0.3) is 5.65 Å². The highest BCUT2D eigenvalue weighted by atomic mass is 16.2. The maximum atomic E-state index is 12.0. The maximum absolute atomic E-state index is 12.0. The van der Waals surface area contributed by atoms with Crippen LogP contribution in [0.15, 0.2) is 29.2 Å². The summed E-state index contributed by atoms with van der Waals surface area (Å²) in [6, 6.07) is 6.13. The highest BCUT2D eigenvalue weighted by Crippen LogP contribution is 2.03. The van der Waals surface area contributed by atoms with Crippen molar-refractivity contribution in [2.75, 3.05) is 6.54 Å². The molecule has 0 amide bonds. The fraction of sp³-hybridized carbons (Fsp3) is 0.571. The fourth-order valence-electron chi connectivity index (χ4n) is 2.34. The zero-order chi connectivity index (χ0) is 13.7. The number of nitrogens with zero attached hydrogens (tertiary/aromatic N) is 3. The quantitative estimate of drug-likeness (QED) is 0.825. The molecule has 0 aromatic carbocycles. The van der Waals surface area contributed by atoms with Gasteiger partial charge in [0.1, 0.15) is 0 Å². The first-order chi connectivity index (χ1) is 9.26. The summed E-state index contributed by atoms with van der Waals surface area (Å²) >= 11 is 0. The van der Waals surface area contributed by atoms with Crippen LogP contribution in [0.3, 0.4) is 0 Å². The average Bonchev–Trinajstić information content (AvgIpc) is 2.75. The van der Waals surface area contributed by atoms with Gasteiger partial charge in [0.15, 0.2) is 5.65 Å². The van der Waals surface area contributed by atoms with E-state index in [4.69, 9.17) is 0 Å². The Labute approximate surface area is 113 Å². The molecule has 0 saturated carbocycles. The van der Waals surface area contributed by atoms with Crippen molar-refractivity contribution >= 4 is 5.65 Å². The van der Waals surface area contributed by atoms with Crippen molar-refractivity contribution in [3.05, 3.63) is 34.9 Å². The first kappa shape index (κ1) is 13.8. The molecule has 2 aromatic heterocycles. The molecule has 0 spiro atoms. The summed E-state index contributed by atoms with van der Waals surface area (Å²) in [6.07, 6.45) is 4.92. The Morgan fingerprint density at radius 2 is 2.21 bits per heavy atom. The molecule has 0 bridgehead atoms. The normalized spacial score (nSPS) is 12.9. The molecule has 5 heteroatoms. The summed E-state index contributed by atoms with van der Waals surface area (Å²) in [5.74, 6) is 0. The Hall–Kier alpha value is -1.62. The van der Waals surface area contributed by atoms with Gasteiger partial charge in [-0.3, -0.25) is 4.40 Å². The molecule has 5 nitrogen and oxygen atoms in total. The predicted octanol–water partition coefficient (Wildman–Crippen LogP) is 1.66. The second-order valence-electron chi connectivity index (χ2n) is 4.74. The van der Waals surface area contributed by atoms with Crippen molar-refractivity contribution in [1.82, 2.24) is 19.5 Å². The summed E-state index contributed by atoms with van der Waals surface area (Å²) in [4.78, 5) is 12.0. The van der Waals surface area contributed by atoms with Crippen LogP contribution in [0.4, 0.5) is 0 Å². The predicted molar refractivity (Wildman–Crippen MR) is 76.4 cm³/mol. The largest absolute Gasteiger partial charge is 0.350 e. The molecule has 0 radical (unpaired) electrons. The molecule has 0 aliphatic rings. The second kappa shape index (κ2) is 6.52. The number of aromatic nitrogens is 3. The van der Waals surface area contributed by atoms with E-state index in [9.17, 15) is 4.79 Å². The van der Waals surface area contributed by atoms with Gasteiger partial charge in [0.05, 0.1) is 0 Å². The van der Waals surface area contributed by atoms with Gasteiger partial charge in [-0.15, -0.1) is 5.10 Å². The molecule has 1 atom stereocenters. The molecule has 104 valence electrons. The lowest BCUT2D eigenvalue weighted by molar-refractivity contribution is 0.436. The van der Waals surface area contributed by atoms with Crippen molar-refractivity contribution < 1.29 is 0 Å². The van der Waals surface area contributed by atoms with Crippen LogP contribution in [-0.2, 0) is 6.54 Å². The molecule has 0 aliphatic carbocycles. The zero-order valence-corrected chi connectivity index (χ0v) is 11.7. The van der Waals surface area contributed by atoms with Crippen LogP contribution in [-0.4, -0.2) is 26.8 Å². The third-order valence-corrected chi connectivity index (χ3v) is 3.40. The minimum atomic E-state index is -0.0490. The first-order valence-electron chi connectivity index (χ1n) is 7.03. The summed E-state index contributed by atoms with van der Waals surface area (Å²) in [5.41, 5.74) is 0.665. The lowest BCUT2D eigenvalue weighted by Gasteiger charge is -2.14. The monoisotopic (exact) mass is 262 g/mol. The van der Waals surface area contributed by atoms with E-state index in [0.29, 0.717) is 18.2 Å². The van der Waals surface area contributed by atoms with Crippen LogP contribution in [0.2, 0.25) is 0 Å². The van der Waals surface area contributed by atoms with Gasteiger partial charge in [0.25, 0.3) is 0 Å². The Bertz CT molecular complexity index is 572. The van der Waals surface area contributed by atoms with E-state index >= 15 is 0 Å². The van der Waals surface area contributed by atoms with Crippen molar-refractivity contribution in [2.45, 2.75) is 45.7 Å². The minimum Gasteiger partial charge on any atom is -0.314 e. The highest BCUT2D eigenvalue weighted by Gasteiger charge is 2.07. The number of aryl methyl sites for hydroxylation is 1. The van der Waals surface area contributed by atoms with E-state index in [-0.39, 0.29) is 5.69 Å². The summed E-state index contributed by atoms with van der Waals surface area (Å²) in [5, 5.41) is 7.77. The molecular formula is C14H22N4O. The van der Waals surface area contributed by atoms with Crippen LogP contribution in [0.5, 0.6) is 0 Å². The number of hydrogen-bond acceptors (Lipinski definition) is 3. The van der Waals surface area contributed by atoms with E-state index in [1.165, 1.54) is 0 Å². The standard InChI is InChI=1S/C14H22N4O/c1-3-12(15-4-2)8-7-11-18-14(19)17-10-6-5-9-13(17)16-18/h5-6,9-10,12,15H,3-4,7-8,11H2,1-2H3. The van der Waals surface area contributed by atoms with Crippen LogP contribution in [0, 0.1) is 0 Å². The minimum absolute atomic E-state index is 0.0490. The molecule has 2 rings (SSSR count). The van der Waals surface area contributed by atoms with Gasteiger partial charge in [-0.25, -0.2) is 9.48 Å². The Balaban J connectivity index is 1.98. The smallest absolute Gasteiger partial charge is 0.314 e. The Morgan fingerprint density at radius 1 is 1.37 bits per heavy atom. The SMILES string of the molecule is CCNC(CC)CCCn1nc2ccccn2c1=O. The molecule has 1 N–H and O–H groups in total. The Morgan fingerprint density at radius 3 is 2.89 bits per heavy atom. The molecule has 1 unspecified atom stereocenters. The van der Waals surface area contributed by atoms with E-state index in [1.807, 2.05) is 18.2 Å². The lowest BCUT2D eigenvalue weighted by atomic mass is 10.1. The Kier molecular flexibility index (Phi) is 4.74. The third kappa shape index (κ3) is 3.23. The summed E-state index contributed by atoms with van der Waals surface area (Å²) < 4.78 is 3.15. The molecule has 0 fully saturated rings. The van der Waals surface area contributed by atoms with Gasteiger partial charge in [-0.1, -0.05) is 19.9 Å². The van der Waals surface area contributed by atoms with Gasteiger partial charge in [0, 0.05) is 18.8 Å². The van der Waals surface area contributed by atoms with Crippen LogP contribution in [0.1, 0.15) is 33.1 Å². The zero-order valence-electron chi connectivity index (χ0n) is 11.7. The topological polar surface area (TPSA) is 51.3 Å². The van der Waals surface area contributed by atoms with Gasteiger partial charge >= 0.3 is 5.69 Å². The van der Waals surface area contributed by atoms with E-state index in [0.717, 1.165) is 25.8 Å². The summed E-state index contributed by atoms with van der Waals surface area (Å²) in [7, 11) is 0. The van der Waals surface area contributed by atoms with E-state index in [1.54, 1.807) is 15.3 Å². The van der Waals surface area contributed by atoms with E-state index in [2.05, 4.69) is 24.3 Å². The van der Waals surface area contributed by atoms with Crippen LogP contribution < -0.4 is 11.0 Å². The van der Waals surface area contributed by atoms with Crippen molar-refractivity contribution in [1.29, 1.82) is 0 Å². The first-order valence-corrected chi connectivity index (χ1v) is 7.03. The second-order valence-corrected chi connectivity index (χ2v) is 4.74. The summed E-state index contributed by atoms with van der Waals surface area (Å²) in [6.45, 7) is 5.98. The number of rotatable bonds is 7. The molecular weight excluding hydrogens is 240 g/mol. The van der Waals surface area contributed by atoms with Crippen molar-refractivity contribution in [3.8, 4) is 0 Å². The van der Waals surface area contributed by atoms with Crippen molar-refractivity contribution in [2.24, 2.45) is 0 Å². The molecule has 2 aromatic rings. The maximum Gasteiger partial charge on any atom is 0.350 e. The van der Waals surface area contributed by atoms with Gasteiger partial charge in [-0.05, 0) is 37.9 Å². The fourth-order valence-corrected chi connectivity index (χ4v) is 2.34. The van der Waals surface area contributed by atoms with Gasteiger partial charge < -0.3 is 5.32 Å². The lowest BCUT2D eigenvalue weighted by Crippen LogP contribution is -2.29. The van der Waals surface area contributed by atoms with Gasteiger partial charge in [0.2, 0.25) is 0 Å².